The smallest absolute Gasteiger partial charge is 0.339 e. The summed E-state index contributed by atoms with van der Waals surface area (Å²) in [5, 5.41) is 3.21. The number of carbonyl (C=O) groups excluding carboxylic acids is 2. The lowest BCUT2D eigenvalue weighted by molar-refractivity contribution is 0.0598. The number of amides is 1. The van der Waals surface area contributed by atoms with Gasteiger partial charge in [-0.1, -0.05) is 0 Å². The standard InChI is InChI=1S/C29H25BrF2N2O6S/c1-33-28(35)25-21-12-20(16-3-4-16)18(11-24(21)40-27(25)17-5-7-19(31)8-6-17)14-34(41(37)38)13-15-9-22(29(36)39-2)26(30)23(32)10-15/h5-12,16H,3-4,13-14H2,1-2H3,(H,33,35)(H,37,38). The highest BCUT2D eigenvalue weighted by Gasteiger charge is 2.31. The molecule has 8 nitrogen and oxygen atoms in total. The molecule has 1 amide bonds. The third-order valence-corrected chi connectivity index (χ3v) is 8.45. The van der Waals surface area contributed by atoms with Gasteiger partial charge in [-0.2, -0.15) is 4.31 Å². The minimum Gasteiger partial charge on any atom is -0.465 e. The first kappa shape index (κ1) is 29.1. The van der Waals surface area contributed by atoms with Crippen LogP contribution in [0.25, 0.3) is 22.3 Å². The molecule has 0 saturated heterocycles. The van der Waals surface area contributed by atoms with E-state index < -0.39 is 28.9 Å². The van der Waals surface area contributed by atoms with E-state index in [9.17, 15) is 27.1 Å². The summed E-state index contributed by atoms with van der Waals surface area (Å²) in [6, 6.07) is 11.8. The molecule has 2 N–H and O–H groups in total. The molecule has 0 bridgehead atoms. The van der Waals surface area contributed by atoms with Crippen LogP contribution in [0.2, 0.25) is 0 Å². The molecule has 4 aromatic rings. The SMILES string of the molecule is CNC(=O)c1c(-c2ccc(F)cc2)oc2cc(CN(Cc3cc(F)c(Br)c(C(=O)OC)c3)S(=O)O)c(C3CC3)cc12. The predicted octanol–water partition coefficient (Wildman–Crippen LogP) is 6.30. The maximum Gasteiger partial charge on any atom is 0.339 e. The van der Waals surface area contributed by atoms with E-state index in [1.807, 2.05) is 6.07 Å². The molecular formula is C29H25BrF2N2O6S. The molecule has 3 aromatic carbocycles. The summed E-state index contributed by atoms with van der Waals surface area (Å²) in [6.45, 7) is -0.153. The third-order valence-electron chi connectivity index (χ3n) is 6.95. The molecule has 1 fully saturated rings. The van der Waals surface area contributed by atoms with Crippen molar-refractivity contribution in [3.63, 3.8) is 0 Å². The van der Waals surface area contributed by atoms with Crippen molar-refractivity contribution in [1.82, 2.24) is 9.62 Å². The second kappa shape index (κ2) is 11.8. The van der Waals surface area contributed by atoms with Crippen LogP contribution in [0, 0.1) is 11.6 Å². The summed E-state index contributed by atoms with van der Waals surface area (Å²) in [6.07, 6.45) is 1.83. The fraction of sp³-hybridized carbons (Fsp3) is 0.241. The van der Waals surface area contributed by atoms with Crippen molar-refractivity contribution in [1.29, 1.82) is 0 Å². The molecule has 1 saturated carbocycles. The van der Waals surface area contributed by atoms with Crippen LogP contribution in [-0.4, -0.2) is 39.1 Å². The predicted molar refractivity (Wildman–Crippen MR) is 152 cm³/mol. The van der Waals surface area contributed by atoms with E-state index in [4.69, 9.17) is 9.15 Å². The van der Waals surface area contributed by atoms with Gasteiger partial charge in [0.15, 0.2) is 0 Å². The molecule has 1 unspecified atom stereocenters. The number of methoxy groups -OCH3 is 1. The maximum absolute atomic E-state index is 14.6. The van der Waals surface area contributed by atoms with Gasteiger partial charge in [-0.15, -0.1) is 0 Å². The van der Waals surface area contributed by atoms with Gasteiger partial charge in [0, 0.05) is 31.1 Å². The van der Waals surface area contributed by atoms with E-state index >= 15 is 0 Å². The molecule has 1 aliphatic rings. The molecule has 214 valence electrons. The van der Waals surface area contributed by atoms with Gasteiger partial charge in [-0.25, -0.2) is 17.8 Å². The Morgan fingerprint density at radius 2 is 1.85 bits per heavy atom. The molecule has 1 aliphatic carbocycles. The number of halogens is 3. The van der Waals surface area contributed by atoms with E-state index in [-0.39, 0.29) is 40.7 Å². The maximum atomic E-state index is 14.6. The Kier molecular flexibility index (Phi) is 8.37. The van der Waals surface area contributed by atoms with Gasteiger partial charge in [0.25, 0.3) is 5.91 Å². The van der Waals surface area contributed by atoms with Crippen LogP contribution < -0.4 is 5.32 Å². The van der Waals surface area contributed by atoms with Crippen molar-refractivity contribution in [2.24, 2.45) is 0 Å². The van der Waals surface area contributed by atoms with Crippen LogP contribution in [0.5, 0.6) is 0 Å². The molecule has 0 radical (unpaired) electrons. The fourth-order valence-corrected chi connectivity index (χ4v) is 5.72. The molecule has 1 heterocycles. The number of furan rings is 1. The van der Waals surface area contributed by atoms with Crippen LogP contribution in [0.1, 0.15) is 56.2 Å². The van der Waals surface area contributed by atoms with Crippen molar-refractivity contribution in [2.45, 2.75) is 31.8 Å². The normalized spacial score (nSPS) is 13.9. The van der Waals surface area contributed by atoms with Crippen molar-refractivity contribution in [3.8, 4) is 11.3 Å². The van der Waals surface area contributed by atoms with Crippen molar-refractivity contribution < 1.29 is 36.3 Å². The van der Waals surface area contributed by atoms with Crippen molar-refractivity contribution in [2.75, 3.05) is 14.2 Å². The van der Waals surface area contributed by atoms with Gasteiger partial charge in [-0.05, 0) is 99.9 Å². The number of fused-ring (bicyclic) bond motifs is 1. The highest BCUT2D eigenvalue weighted by atomic mass is 79.9. The zero-order chi connectivity index (χ0) is 29.4. The first-order valence-electron chi connectivity index (χ1n) is 12.6. The Morgan fingerprint density at radius 3 is 2.46 bits per heavy atom. The Bertz CT molecular complexity index is 1690. The number of nitrogens with one attached hydrogen (secondary N) is 1. The molecule has 12 heteroatoms. The first-order chi connectivity index (χ1) is 19.6. The molecule has 41 heavy (non-hydrogen) atoms. The minimum absolute atomic E-state index is 0.00197. The van der Waals surface area contributed by atoms with E-state index in [0.29, 0.717) is 33.2 Å². The number of ether oxygens (including phenoxy) is 1. The topological polar surface area (TPSA) is 109 Å². The van der Waals surface area contributed by atoms with Gasteiger partial charge in [0.1, 0.15) is 23.0 Å². The number of carbonyl (C=O) groups is 2. The number of esters is 1. The van der Waals surface area contributed by atoms with Crippen LogP contribution in [-0.2, 0) is 29.1 Å². The number of benzene rings is 3. The van der Waals surface area contributed by atoms with Crippen LogP contribution >= 0.6 is 15.9 Å². The monoisotopic (exact) mass is 646 g/mol. The summed E-state index contributed by atoms with van der Waals surface area (Å²) in [4.78, 5) is 25.1. The number of rotatable bonds is 9. The zero-order valence-corrected chi connectivity index (χ0v) is 24.4. The number of nitrogens with zero attached hydrogens (tertiary/aromatic N) is 1. The van der Waals surface area contributed by atoms with Crippen LogP contribution in [0.4, 0.5) is 8.78 Å². The second-order valence-electron chi connectivity index (χ2n) is 9.67. The minimum atomic E-state index is -2.46. The summed E-state index contributed by atoms with van der Waals surface area (Å²) in [5.41, 5.74) is 3.07. The van der Waals surface area contributed by atoms with Crippen molar-refractivity contribution in [3.05, 3.63) is 92.5 Å². The molecule has 1 aromatic heterocycles. The summed E-state index contributed by atoms with van der Waals surface area (Å²) >= 11 is 0.590. The summed E-state index contributed by atoms with van der Waals surface area (Å²) in [7, 11) is 2.69. The van der Waals surface area contributed by atoms with E-state index in [1.165, 1.54) is 54.9 Å². The Balaban J connectivity index is 1.57. The Morgan fingerprint density at radius 1 is 1.15 bits per heavy atom. The molecule has 1 atom stereocenters. The van der Waals surface area contributed by atoms with Gasteiger partial charge in [0.05, 0.1) is 22.7 Å². The van der Waals surface area contributed by atoms with Crippen LogP contribution in [0.15, 0.2) is 57.4 Å². The summed E-state index contributed by atoms with van der Waals surface area (Å²) < 4.78 is 62.8. The summed E-state index contributed by atoms with van der Waals surface area (Å²) in [5.74, 6) is -1.78. The quantitative estimate of drug-likeness (QED) is 0.163. The average molecular weight is 647 g/mol. The lowest BCUT2D eigenvalue weighted by Gasteiger charge is -2.20. The second-order valence-corrected chi connectivity index (χ2v) is 11.4. The zero-order valence-electron chi connectivity index (χ0n) is 22.0. The van der Waals surface area contributed by atoms with E-state index in [0.717, 1.165) is 18.4 Å². The molecule has 0 aliphatic heterocycles. The highest BCUT2D eigenvalue weighted by molar-refractivity contribution is 9.10. The Hall–Kier alpha value is -3.45. The van der Waals surface area contributed by atoms with Gasteiger partial charge >= 0.3 is 5.97 Å². The van der Waals surface area contributed by atoms with Gasteiger partial charge < -0.3 is 14.5 Å². The first-order valence-corrected chi connectivity index (χ1v) is 14.5. The lowest BCUT2D eigenvalue weighted by atomic mass is 9.97. The molecule has 5 rings (SSSR count). The molecular weight excluding hydrogens is 622 g/mol. The Labute approximate surface area is 245 Å². The van der Waals surface area contributed by atoms with Crippen LogP contribution in [0.3, 0.4) is 0 Å². The lowest BCUT2D eigenvalue weighted by Crippen LogP contribution is -2.25. The van der Waals surface area contributed by atoms with E-state index in [2.05, 4.69) is 21.2 Å². The fourth-order valence-electron chi connectivity index (χ4n) is 4.82. The highest BCUT2D eigenvalue weighted by Crippen LogP contribution is 2.45. The molecule has 0 spiro atoms. The number of hydrogen-bond donors (Lipinski definition) is 2. The largest absolute Gasteiger partial charge is 0.465 e. The number of hydrogen-bond acceptors (Lipinski definition) is 5. The van der Waals surface area contributed by atoms with E-state index in [1.54, 1.807) is 6.07 Å². The van der Waals surface area contributed by atoms with Gasteiger partial charge in [0.2, 0.25) is 11.3 Å². The third kappa shape index (κ3) is 5.96. The van der Waals surface area contributed by atoms with Gasteiger partial charge in [-0.3, -0.25) is 9.35 Å². The average Bonchev–Trinajstić information content (AvgIpc) is 3.74. The van der Waals surface area contributed by atoms with Crippen molar-refractivity contribution >= 4 is 50.0 Å².